The molecular formula is C22H23N7O3S. The topological polar surface area (TPSA) is 132 Å². The van der Waals surface area contributed by atoms with Crippen LogP contribution in [0.2, 0.25) is 0 Å². The third kappa shape index (κ3) is 4.07. The Morgan fingerprint density at radius 2 is 2.15 bits per heavy atom. The van der Waals surface area contributed by atoms with E-state index in [0.29, 0.717) is 26.9 Å². The van der Waals surface area contributed by atoms with Crippen LogP contribution in [0.5, 0.6) is 5.88 Å². The van der Waals surface area contributed by atoms with E-state index in [1.165, 1.54) is 11.3 Å². The number of hydrogen-bond acceptors (Lipinski definition) is 7. The summed E-state index contributed by atoms with van der Waals surface area (Å²) in [6.45, 7) is 3.95. The number of thiophene rings is 1. The molecule has 10 nitrogen and oxygen atoms in total. The van der Waals surface area contributed by atoms with Gasteiger partial charge in [0.2, 0.25) is 5.88 Å². The molecule has 4 aromatic heterocycles. The number of hydrogen-bond donors (Lipinski definition) is 3. The van der Waals surface area contributed by atoms with Gasteiger partial charge in [0.05, 0.1) is 27.7 Å². The average molecular weight is 466 g/mol. The molecule has 3 N–H and O–H groups in total. The summed E-state index contributed by atoms with van der Waals surface area (Å²) >= 11 is 1.38. The second-order valence-corrected chi connectivity index (χ2v) is 9.44. The highest BCUT2D eigenvalue weighted by atomic mass is 32.1. The fraction of sp³-hybridized carbons (Fsp3) is 0.318. The van der Waals surface area contributed by atoms with E-state index in [1.807, 2.05) is 32.0 Å². The molecule has 0 saturated heterocycles. The van der Waals surface area contributed by atoms with Gasteiger partial charge in [0, 0.05) is 24.4 Å². The maximum absolute atomic E-state index is 12.7. The molecule has 11 heteroatoms. The molecule has 0 aliphatic heterocycles. The Kier molecular flexibility index (Phi) is 5.12. The normalized spacial score (nSPS) is 15.2. The van der Waals surface area contributed by atoms with Crippen LogP contribution >= 0.6 is 11.3 Å². The molecular weight excluding hydrogens is 442 g/mol. The van der Waals surface area contributed by atoms with Crippen molar-refractivity contribution in [3.63, 3.8) is 0 Å². The van der Waals surface area contributed by atoms with Crippen LogP contribution in [0, 0.1) is 0 Å². The van der Waals surface area contributed by atoms with Crippen molar-refractivity contribution < 1.29 is 9.90 Å². The molecule has 170 valence electrons. The van der Waals surface area contributed by atoms with Crippen molar-refractivity contribution in [2.75, 3.05) is 7.05 Å². The van der Waals surface area contributed by atoms with Crippen LogP contribution in [0.15, 0.2) is 34.2 Å². The van der Waals surface area contributed by atoms with Gasteiger partial charge in [0.15, 0.2) is 11.1 Å². The first-order chi connectivity index (χ1) is 15.8. The number of rotatable bonds is 5. The number of amides is 1. The molecule has 1 saturated carbocycles. The molecule has 0 spiro atoms. The van der Waals surface area contributed by atoms with Crippen LogP contribution in [-0.2, 0) is 0 Å². The highest BCUT2D eigenvalue weighted by Gasteiger charge is 2.21. The molecule has 5 rings (SSSR count). The van der Waals surface area contributed by atoms with E-state index in [-0.39, 0.29) is 29.6 Å². The summed E-state index contributed by atoms with van der Waals surface area (Å²) in [5.74, 6) is -0.287. The first-order valence-corrected chi connectivity index (χ1v) is 11.4. The minimum Gasteiger partial charge on any atom is -0.493 e. The van der Waals surface area contributed by atoms with Gasteiger partial charge >= 0.3 is 5.69 Å². The van der Waals surface area contributed by atoms with Gasteiger partial charge < -0.3 is 15.0 Å². The summed E-state index contributed by atoms with van der Waals surface area (Å²) < 4.78 is 1.65. The summed E-state index contributed by atoms with van der Waals surface area (Å²) in [6.07, 6.45) is 5.30. The van der Waals surface area contributed by atoms with Crippen LogP contribution in [0.3, 0.4) is 0 Å². The van der Waals surface area contributed by atoms with Gasteiger partial charge in [-0.25, -0.2) is 9.78 Å². The van der Waals surface area contributed by atoms with Gasteiger partial charge in [0.1, 0.15) is 5.69 Å². The van der Waals surface area contributed by atoms with Gasteiger partial charge in [0.25, 0.3) is 5.91 Å². The Hall–Kier alpha value is -3.73. The van der Waals surface area contributed by atoms with E-state index in [0.717, 1.165) is 17.7 Å². The molecule has 0 unspecified atom stereocenters. The molecule has 4 aromatic rings. The van der Waals surface area contributed by atoms with Crippen LogP contribution in [0.4, 0.5) is 0 Å². The van der Waals surface area contributed by atoms with Gasteiger partial charge in [-0.1, -0.05) is 0 Å². The standard InChI is InChI=1S/C22H23N7O3S/c1-11(2)28(3)21(31)17-7-6-16(33-17)14-9-18(24-13-4-5-13)29-19(25-14)12(10-23-29)8-15-20(30)27-22(32)26-15/h6-11,13,30H,4-5H2,1-3H3,(H2,26,27,32). The minimum atomic E-state index is -0.504. The SMILES string of the molecule is CC(C)N(C)C(=O)c1ccc(-c2cc(=NC3CC3)n3ncc(=Cc4[nH]c(=O)[nH]c4O)c3n2)s1. The maximum Gasteiger partial charge on any atom is 0.326 e. The van der Waals surface area contributed by atoms with Gasteiger partial charge in [-0.2, -0.15) is 9.61 Å². The van der Waals surface area contributed by atoms with Crippen molar-refractivity contribution in [3.05, 3.63) is 56.2 Å². The van der Waals surface area contributed by atoms with Gasteiger partial charge in [-0.05, 0) is 44.9 Å². The maximum atomic E-state index is 12.7. The number of carbonyl (C=O) groups excluding carboxylic acids is 1. The van der Waals surface area contributed by atoms with Crippen molar-refractivity contribution in [2.24, 2.45) is 4.99 Å². The molecule has 4 heterocycles. The van der Waals surface area contributed by atoms with E-state index in [9.17, 15) is 14.7 Å². The molecule has 33 heavy (non-hydrogen) atoms. The molecule has 1 aliphatic rings. The Labute approximate surface area is 192 Å². The lowest BCUT2D eigenvalue weighted by Gasteiger charge is -2.20. The molecule has 0 bridgehead atoms. The highest BCUT2D eigenvalue weighted by Crippen LogP contribution is 2.28. The lowest BCUT2D eigenvalue weighted by atomic mass is 10.3. The van der Waals surface area contributed by atoms with Crippen molar-refractivity contribution in [1.82, 2.24) is 29.5 Å². The van der Waals surface area contributed by atoms with Crippen molar-refractivity contribution >= 4 is 29.0 Å². The lowest BCUT2D eigenvalue weighted by Crippen LogP contribution is -2.32. The molecule has 1 amide bonds. The predicted octanol–water partition coefficient (Wildman–Crippen LogP) is 1.27. The second-order valence-electron chi connectivity index (χ2n) is 8.35. The molecule has 1 aliphatic carbocycles. The quantitative estimate of drug-likeness (QED) is 0.408. The minimum absolute atomic E-state index is 0.0320. The molecule has 0 atom stereocenters. The van der Waals surface area contributed by atoms with E-state index >= 15 is 0 Å². The zero-order valence-corrected chi connectivity index (χ0v) is 19.2. The fourth-order valence-electron chi connectivity index (χ4n) is 3.32. The monoisotopic (exact) mass is 465 g/mol. The summed E-state index contributed by atoms with van der Waals surface area (Å²) in [7, 11) is 1.79. The van der Waals surface area contributed by atoms with Crippen LogP contribution < -0.4 is 16.4 Å². The Bertz CT molecular complexity index is 1540. The van der Waals surface area contributed by atoms with Crippen LogP contribution in [-0.4, -0.2) is 59.6 Å². The molecule has 0 aromatic carbocycles. The summed E-state index contributed by atoms with van der Waals surface area (Å²) in [5, 5.41) is 15.0. The number of carbonyl (C=O) groups is 1. The van der Waals surface area contributed by atoms with Gasteiger partial charge in [-0.15, -0.1) is 11.3 Å². The highest BCUT2D eigenvalue weighted by molar-refractivity contribution is 7.17. The zero-order valence-electron chi connectivity index (χ0n) is 18.4. The summed E-state index contributed by atoms with van der Waals surface area (Å²) in [6, 6.07) is 5.95. The molecule has 0 radical (unpaired) electrons. The molecule has 1 fully saturated rings. The smallest absolute Gasteiger partial charge is 0.326 e. The number of H-pyrrole nitrogens is 2. The van der Waals surface area contributed by atoms with Crippen molar-refractivity contribution in [3.8, 4) is 16.5 Å². The first kappa shape index (κ1) is 21.1. The van der Waals surface area contributed by atoms with Gasteiger partial charge in [-0.3, -0.25) is 14.8 Å². The largest absolute Gasteiger partial charge is 0.493 e. The number of nitrogens with one attached hydrogen (secondary N) is 2. The third-order valence-corrected chi connectivity index (χ3v) is 6.64. The van der Waals surface area contributed by atoms with E-state index in [4.69, 9.17) is 9.98 Å². The zero-order chi connectivity index (χ0) is 23.3. The Morgan fingerprint density at radius 3 is 2.82 bits per heavy atom. The Morgan fingerprint density at radius 1 is 1.36 bits per heavy atom. The first-order valence-electron chi connectivity index (χ1n) is 10.6. The third-order valence-electron chi connectivity index (χ3n) is 5.54. The van der Waals surface area contributed by atoms with E-state index < -0.39 is 5.69 Å². The number of nitrogens with zero attached hydrogens (tertiary/aromatic N) is 5. The number of imidazole rings is 1. The lowest BCUT2D eigenvalue weighted by molar-refractivity contribution is 0.0760. The number of aromatic nitrogens is 5. The van der Waals surface area contributed by atoms with Crippen LogP contribution in [0.1, 0.15) is 42.1 Å². The number of fused-ring (bicyclic) bond motifs is 1. The number of aromatic hydroxyl groups is 1. The van der Waals surface area contributed by atoms with Crippen molar-refractivity contribution in [2.45, 2.75) is 38.8 Å². The summed E-state index contributed by atoms with van der Waals surface area (Å²) in [4.78, 5) is 41.8. The number of aromatic amines is 2. The summed E-state index contributed by atoms with van der Waals surface area (Å²) in [5.41, 5.74) is 1.62. The fourth-order valence-corrected chi connectivity index (χ4v) is 4.27. The average Bonchev–Trinajstić information content (AvgIpc) is 3.17. The van der Waals surface area contributed by atoms with E-state index in [1.54, 1.807) is 28.7 Å². The predicted molar refractivity (Wildman–Crippen MR) is 124 cm³/mol. The van der Waals surface area contributed by atoms with E-state index in [2.05, 4.69) is 15.1 Å². The van der Waals surface area contributed by atoms with Crippen LogP contribution in [0.25, 0.3) is 22.3 Å². The Balaban J connectivity index is 1.65. The van der Waals surface area contributed by atoms with Crippen molar-refractivity contribution in [1.29, 1.82) is 0 Å². The second kappa shape index (κ2) is 8.00.